The monoisotopic (exact) mass is 295 g/mol. The van der Waals surface area contributed by atoms with Crippen LogP contribution in [0.5, 0.6) is 0 Å². The SMILES string of the molecule is O=C(O)[C@H]1CCN(Cc2ccccc2)C[C@H]1c1ccccc1. The highest BCUT2D eigenvalue weighted by molar-refractivity contribution is 5.71. The average molecular weight is 295 g/mol. The summed E-state index contributed by atoms with van der Waals surface area (Å²) in [6.45, 7) is 2.53. The number of hydrogen-bond donors (Lipinski definition) is 1. The first-order chi connectivity index (χ1) is 10.7. The van der Waals surface area contributed by atoms with Crippen LogP contribution >= 0.6 is 0 Å². The number of carboxylic acids is 1. The molecule has 1 N–H and O–H groups in total. The van der Waals surface area contributed by atoms with E-state index in [1.54, 1.807) is 0 Å². The van der Waals surface area contributed by atoms with Gasteiger partial charge in [-0.05, 0) is 24.1 Å². The molecule has 3 rings (SSSR count). The molecule has 114 valence electrons. The number of rotatable bonds is 4. The van der Waals surface area contributed by atoms with E-state index in [1.807, 2.05) is 48.5 Å². The van der Waals surface area contributed by atoms with Gasteiger partial charge in [-0.1, -0.05) is 60.7 Å². The molecular weight excluding hydrogens is 274 g/mol. The number of carboxylic acid groups (broad SMARTS) is 1. The maximum atomic E-state index is 11.6. The summed E-state index contributed by atoms with van der Waals surface area (Å²) in [5.41, 5.74) is 2.41. The summed E-state index contributed by atoms with van der Waals surface area (Å²) in [7, 11) is 0. The third kappa shape index (κ3) is 3.37. The van der Waals surface area contributed by atoms with Crippen molar-refractivity contribution in [3.63, 3.8) is 0 Å². The van der Waals surface area contributed by atoms with E-state index in [4.69, 9.17) is 0 Å². The highest BCUT2D eigenvalue weighted by Crippen LogP contribution is 2.33. The zero-order chi connectivity index (χ0) is 15.4. The fraction of sp³-hybridized carbons (Fsp3) is 0.316. The predicted octanol–water partition coefficient (Wildman–Crippen LogP) is 3.38. The number of aliphatic carboxylic acids is 1. The van der Waals surface area contributed by atoms with Crippen LogP contribution in [0.4, 0.5) is 0 Å². The van der Waals surface area contributed by atoms with Crippen molar-refractivity contribution >= 4 is 5.97 Å². The Bertz CT molecular complexity index is 612. The number of hydrogen-bond acceptors (Lipinski definition) is 2. The molecule has 1 fully saturated rings. The van der Waals surface area contributed by atoms with Gasteiger partial charge in [-0.15, -0.1) is 0 Å². The molecule has 1 saturated heterocycles. The minimum absolute atomic E-state index is 0.0659. The lowest BCUT2D eigenvalue weighted by Gasteiger charge is -2.37. The molecule has 0 amide bonds. The second-order valence-corrected chi connectivity index (χ2v) is 5.97. The van der Waals surface area contributed by atoms with Crippen molar-refractivity contribution in [1.82, 2.24) is 4.90 Å². The molecule has 2 atom stereocenters. The second-order valence-electron chi connectivity index (χ2n) is 5.97. The molecule has 1 aliphatic heterocycles. The van der Waals surface area contributed by atoms with Crippen LogP contribution in [0.3, 0.4) is 0 Å². The lowest BCUT2D eigenvalue weighted by molar-refractivity contribution is -0.144. The maximum absolute atomic E-state index is 11.6. The lowest BCUT2D eigenvalue weighted by atomic mass is 9.80. The number of nitrogens with zero attached hydrogens (tertiary/aromatic N) is 1. The first kappa shape index (κ1) is 14.8. The molecule has 22 heavy (non-hydrogen) atoms. The Kier molecular flexibility index (Phi) is 4.54. The van der Waals surface area contributed by atoms with E-state index in [9.17, 15) is 9.90 Å². The van der Waals surface area contributed by atoms with Crippen molar-refractivity contribution < 1.29 is 9.90 Å². The topological polar surface area (TPSA) is 40.5 Å². The summed E-state index contributed by atoms with van der Waals surface area (Å²) in [5.74, 6) is -0.890. The Morgan fingerprint density at radius 1 is 1.05 bits per heavy atom. The molecule has 0 saturated carbocycles. The molecular formula is C19H21NO2. The van der Waals surface area contributed by atoms with Crippen LogP contribution in [0.25, 0.3) is 0 Å². The minimum atomic E-state index is -0.673. The largest absolute Gasteiger partial charge is 0.481 e. The summed E-state index contributed by atoms with van der Waals surface area (Å²) in [4.78, 5) is 14.0. The van der Waals surface area contributed by atoms with Crippen LogP contribution in [0, 0.1) is 5.92 Å². The Balaban J connectivity index is 1.77. The van der Waals surface area contributed by atoms with Crippen LogP contribution in [0.15, 0.2) is 60.7 Å². The predicted molar refractivity (Wildman–Crippen MR) is 86.6 cm³/mol. The van der Waals surface area contributed by atoms with Gasteiger partial charge in [-0.2, -0.15) is 0 Å². The lowest BCUT2D eigenvalue weighted by Crippen LogP contribution is -2.41. The van der Waals surface area contributed by atoms with Gasteiger partial charge in [-0.25, -0.2) is 0 Å². The maximum Gasteiger partial charge on any atom is 0.307 e. The molecule has 0 radical (unpaired) electrons. The fourth-order valence-electron chi connectivity index (χ4n) is 3.34. The molecule has 3 nitrogen and oxygen atoms in total. The van der Waals surface area contributed by atoms with Crippen LogP contribution in [-0.2, 0) is 11.3 Å². The third-order valence-electron chi connectivity index (χ3n) is 4.49. The minimum Gasteiger partial charge on any atom is -0.481 e. The molecule has 2 aromatic carbocycles. The Morgan fingerprint density at radius 2 is 1.68 bits per heavy atom. The Labute approximate surface area is 131 Å². The van der Waals surface area contributed by atoms with Crippen LogP contribution in [-0.4, -0.2) is 29.1 Å². The van der Waals surface area contributed by atoms with Gasteiger partial charge in [0.25, 0.3) is 0 Å². The summed E-state index contributed by atoms with van der Waals surface area (Å²) < 4.78 is 0. The molecule has 1 heterocycles. The van der Waals surface area contributed by atoms with Crippen molar-refractivity contribution in [3.05, 3.63) is 71.8 Å². The molecule has 0 spiro atoms. The summed E-state index contributed by atoms with van der Waals surface area (Å²) in [6, 6.07) is 20.4. The van der Waals surface area contributed by atoms with Gasteiger partial charge in [0.1, 0.15) is 0 Å². The molecule has 2 aromatic rings. The number of benzene rings is 2. The average Bonchev–Trinajstić information content (AvgIpc) is 2.56. The Morgan fingerprint density at radius 3 is 2.32 bits per heavy atom. The van der Waals surface area contributed by atoms with E-state index in [-0.39, 0.29) is 11.8 Å². The zero-order valence-electron chi connectivity index (χ0n) is 12.6. The van der Waals surface area contributed by atoms with E-state index in [0.29, 0.717) is 6.42 Å². The smallest absolute Gasteiger partial charge is 0.307 e. The van der Waals surface area contributed by atoms with E-state index in [0.717, 1.165) is 25.2 Å². The van der Waals surface area contributed by atoms with Gasteiger partial charge < -0.3 is 5.11 Å². The van der Waals surface area contributed by atoms with Crippen molar-refractivity contribution in [3.8, 4) is 0 Å². The normalized spacial score (nSPS) is 22.4. The Hall–Kier alpha value is -2.13. The molecule has 0 aromatic heterocycles. The van der Waals surface area contributed by atoms with Gasteiger partial charge in [-0.3, -0.25) is 9.69 Å². The van der Waals surface area contributed by atoms with Gasteiger partial charge in [0.2, 0.25) is 0 Å². The van der Waals surface area contributed by atoms with Gasteiger partial charge in [0.15, 0.2) is 0 Å². The standard InChI is InChI=1S/C19H21NO2/c21-19(22)17-11-12-20(13-15-7-3-1-4-8-15)14-18(17)16-9-5-2-6-10-16/h1-10,17-18H,11-14H2,(H,21,22)/t17-,18-/m0/s1. The van der Waals surface area contributed by atoms with Crippen molar-refractivity contribution in [2.75, 3.05) is 13.1 Å². The number of likely N-dealkylation sites (tertiary alicyclic amines) is 1. The van der Waals surface area contributed by atoms with E-state index in [2.05, 4.69) is 17.0 Å². The molecule has 0 aliphatic carbocycles. The molecule has 0 bridgehead atoms. The highest BCUT2D eigenvalue weighted by atomic mass is 16.4. The molecule has 1 aliphatic rings. The number of carbonyl (C=O) groups is 1. The van der Waals surface area contributed by atoms with Gasteiger partial charge >= 0.3 is 5.97 Å². The van der Waals surface area contributed by atoms with Gasteiger partial charge in [0.05, 0.1) is 5.92 Å². The van der Waals surface area contributed by atoms with E-state index in [1.165, 1.54) is 5.56 Å². The van der Waals surface area contributed by atoms with Crippen molar-refractivity contribution in [2.45, 2.75) is 18.9 Å². The second kappa shape index (κ2) is 6.75. The first-order valence-electron chi connectivity index (χ1n) is 7.78. The number of piperidine rings is 1. The quantitative estimate of drug-likeness (QED) is 0.940. The third-order valence-corrected chi connectivity index (χ3v) is 4.49. The molecule has 0 unspecified atom stereocenters. The van der Waals surface area contributed by atoms with Crippen molar-refractivity contribution in [2.24, 2.45) is 5.92 Å². The van der Waals surface area contributed by atoms with Crippen LogP contribution in [0.2, 0.25) is 0 Å². The van der Waals surface area contributed by atoms with E-state index >= 15 is 0 Å². The van der Waals surface area contributed by atoms with Gasteiger partial charge in [0, 0.05) is 19.0 Å². The first-order valence-corrected chi connectivity index (χ1v) is 7.78. The van der Waals surface area contributed by atoms with E-state index < -0.39 is 5.97 Å². The molecule has 3 heteroatoms. The van der Waals surface area contributed by atoms with Crippen molar-refractivity contribution in [1.29, 1.82) is 0 Å². The van der Waals surface area contributed by atoms with Crippen LogP contribution < -0.4 is 0 Å². The zero-order valence-corrected chi connectivity index (χ0v) is 12.6. The van der Waals surface area contributed by atoms with Crippen LogP contribution in [0.1, 0.15) is 23.5 Å². The summed E-state index contributed by atoms with van der Waals surface area (Å²) >= 11 is 0. The highest BCUT2D eigenvalue weighted by Gasteiger charge is 2.34. The fourth-order valence-corrected chi connectivity index (χ4v) is 3.34. The summed E-state index contributed by atoms with van der Waals surface area (Å²) in [5, 5.41) is 9.53. The summed E-state index contributed by atoms with van der Waals surface area (Å²) in [6.07, 6.45) is 0.710.